The van der Waals surface area contributed by atoms with Gasteiger partial charge in [-0.05, 0) is 63.8 Å². The maximum atomic E-state index is 9.75. The van der Waals surface area contributed by atoms with E-state index in [1.807, 2.05) is 0 Å². The molecule has 1 heterocycles. The molecule has 3 rings (SSSR count). The minimum absolute atomic E-state index is 0.982. The molecule has 0 unspecified atom stereocenters. The fraction of sp³-hybridized carbons (Fsp3) is 0.429. The van der Waals surface area contributed by atoms with Gasteiger partial charge in [-0.3, -0.25) is 0 Å². The van der Waals surface area contributed by atoms with Gasteiger partial charge in [0, 0.05) is 24.5 Å². The van der Waals surface area contributed by atoms with E-state index in [0.717, 1.165) is 19.8 Å². The summed E-state index contributed by atoms with van der Waals surface area (Å²) < 4.78 is 39.0. The van der Waals surface area contributed by atoms with Crippen molar-refractivity contribution in [3.05, 3.63) is 57.6 Å². The summed E-state index contributed by atoms with van der Waals surface area (Å²) in [5.74, 6) is 0. The standard InChI is InChI=1S/C21H28N2.BF4/c1-14-9-16(3)20(17(4)10-14)22-7-8-23(13-22)21-18(5)11-15(2)12-19(21)6;2-1(3,4)5/h9-12H,7-8,13H2,1-6H3;/q;-1. The Morgan fingerprint density at radius 1 is 0.607 bits per heavy atom. The van der Waals surface area contributed by atoms with Crippen molar-refractivity contribution in [1.29, 1.82) is 0 Å². The molecule has 0 bridgehead atoms. The van der Waals surface area contributed by atoms with Crippen LogP contribution in [0.25, 0.3) is 0 Å². The third-order valence-electron chi connectivity index (χ3n) is 4.88. The van der Waals surface area contributed by atoms with E-state index in [0.29, 0.717) is 0 Å². The van der Waals surface area contributed by atoms with E-state index >= 15 is 0 Å². The van der Waals surface area contributed by atoms with Crippen LogP contribution in [0.3, 0.4) is 0 Å². The fourth-order valence-electron chi connectivity index (χ4n) is 4.30. The number of hydrogen-bond donors (Lipinski definition) is 0. The van der Waals surface area contributed by atoms with Crippen LogP contribution in [0.15, 0.2) is 24.3 Å². The Bertz CT molecular complexity index is 733. The monoisotopic (exact) mass is 395 g/mol. The largest absolute Gasteiger partial charge is 0.673 e. The van der Waals surface area contributed by atoms with Crippen molar-refractivity contribution in [3.63, 3.8) is 0 Å². The van der Waals surface area contributed by atoms with Gasteiger partial charge in [0.25, 0.3) is 0 Å². The number of anilines is 2. The Labute approximate surface area is 165 Å². The Kier molecular flexibility index (Phi) is 6.68. The average Bonchev–Trinajstić information content (AvgIpc) is 2.92. The number of hydrogen-bond acceptors (Lipinski definition) is 2. The zero-order valence-corrected chi connectivity index (χ0v) is 17.4. The van der Waals surface area contributed by atoms with Crippen molar-refractivity contribution in [2.45, 2.75) is 41.5 Å². The summed E-state index contributed by atoms with van der Waals surface area (Å²) in [5, 5.41) is 0. The van der Waals surface area contributed by atoms with E-state index in [2.05, 4.69) is 75.6 Å². The Hall–Kier alpha value is -2.18. The number of aryl methyl sites for hydroxylation is 6. The van der Waals surface area contributed by atoms with E-state index < -0.39 is 7.25 Å². The summed E-state index contributed by atoms with van der Waals surface area (Å²) >= 11 is 0. The number of rotatable bonds is 2. The van der Waals surface area contributed by atoms with Crippen molar-refractivity contribution >= 4 is 18.6 Å². The van der Waals surface area contributed by atoms with Crippen LogP contribution in [0, 0.1) is 41.5 Å². The highest BCUT2D eigenvalue weighted by atomic mass is 19.5. The van der Waals surface area contributed by atoms with Gasteiger partial charge < -0.3 is 27.1 Å². The third kappa shape index (κ3) is 5.66. The van der Waals surface area contributed by atoms with E-state index in [9.17, 15) is 17.3 Å². The molecule has 28 heavy (non-hydrogen) atoms. The maximum Gasteiger partial charge on any atom is 0.673 e. The molecule has 2 nitrogen and oxygen atoms in total. The lowest BCUT2D eigenvalue weighted by Crippen LogP contribution is -2.27. The first-order chi connectivity index (χ1) is 12.9. The van der Waals surface area contributed by atoms with Crippen molar-refractivity contribution < 1.29 is 17.3 Å². The van der Waals surface area contributed by atoms with E-state index in [4.69, 9.17) is 0 Å². The molecule has 0 saturated carbocycles. The molecule has 1 aliphatic heterocycles. The van der Waals surface area contributed by atoms with Crippen LogP contribution in [-0.2, 0) is 0 Å². The fourth-order valence-corrected chi connectivity index (χ4v) is 4.30. The van der Waals surface area contributed by atoms with Gasteiger partial charge >= 0.3 is 7.25 Å². The molecule has 0 radical (unpaired) electrons. The topological polar surface area (TPSA) is 6.48 Å². The van der Waals surface area contributed by atoms with Gasteiger partial charge in [0.1, 0.15) is 0 Å². The SMILES string of the molecule is Cc1cc(C)c(N2CCN(c3c(C)cc(C)cc3C)C2)c(C)c1.F[B-](F)(F)F. The summed E-state index contributed by atoms with van der Waals surface area (Å²) in [6.45, 7) is 16.5. The first kappa shape index (κ1) is 22.1. The normalized spacial score (nSPS) is 14.2. The van der Waals surface area contributed by atoms with Crippen molar-refractivity contribution in [3.8, 4) is 0 Å². The number of halogens is 4. The Morgan fingerprint density at radius 3 is 1.11 bits per heavy atom. The molecule has 7 heteroatoms. The molecule has 1 aliphatic rings. The quantitative estimate of drug-likeness (QED) is 0.447. The van der Waals surface area contributed by atoms with Gasteiger partial charge in [-0.15, -0.1) is 0 Å². The molecule has 2 aromatic carbocycles. The van der Waals surface area contributed by atoms with Crippen LogP contribution < -0.4 is 9.80 Å². The third-order valence-corrected chi connectivity index (χ3v) is 4.88. The molecule has 2 aromatic rings. The van der Waals surface area contributed by atoms with Gasteiger partial charge in [0.2, 0.25) is 0 Å². The lowest BCUT2D eigenvalue weighted by molar-refractivity contribution is 0.368. The molecule has 0 spiro atoms. The molecule has 154 valence electrons. The van der Waals surface area contributed by atoms with Crippen LogP contribution in [0.5, 0.6) is 0 Å². The summed E-state index contributed by atoms with van der Waals surface area (Å²) in [5.41, 5.74) is 11.1. The molecule has 0 amide bonds. The van der Waals surface area contributed by atoms with Gasteiger partial charge in [0.15, 0.2) is 0 Å². The van der Waals surface area contributed by atoms with Crippen molar-refractivity contribution in [2.24, 2.45) is 0 Å². The van der Waals surface area contributed by atoms with E-state index in [1.54, 1.807) is 0 Å². The average molecular weight is 395 g/mol. The first-order valence-electron chi connectivity index (χ1n) is 9.39. The van der Waals surface area contributed by atoms with Crippen LogP contribution in [0.4, 0.5) is 28.6 Å². The highest BCUT2D eigenvalue weighted by Crippen LogP contribution is 2.32. The molecule has 0 aromatic heterocycles. The summed E-state index contributed by atoms with van der Waals surface area (Å²) in [6.07, 6.45) is 0. The molecule has 0 N–H and O–H groups in total. The van der Waals surface area contributed by atoms with Crippen molar-refractivity contribution in [2.75, 3.05) is 29.6 Å². The van der Waals surface area contributed by atoms with Crippen LogP contribution in [0.1, 0.15) is 33.4 Å². The number of benzene rings is 2. The van der Waals surface area contributed by atoms with Gasteiger partial charge in [-0.1, -0.05) is 35.4 Å². The minimum Gasteiger partial charge on any atom is -0.418 e. The highest BCUT2D eigenvalue weighted by molar-refractivity contribution is 6.50. The second-order valence-electron chi connectivity index (χ2n) is 7.66. The molecular formula is C21H28BF4N2-. The zero-order chi connectivity index (χ0) is 21.2. The predicted molar refractivity (Wildman–Crippen MR) is 111 cm³/mol. The lowest BCUT2D eigenvalue weighted by atomic mass is 10.0. The number of nitrogens with zero attached hydrogens (tertiary/aromatic N) is 2. The molecule has 0 aliphatic carbocycles. The van der Waals surface area contributed by atoms with Crippen LogP contribution in [-0.4, -0.2) is 27.0 Å². The molecule has 1 saturated heterocycles. The van der Waals surface area contributed by atoms with Gasteiger partial charge in [0.05, 0.1) is 6.67 Å². The Morgan fingerprint density at radius 2 is 0.857 bits per heavy atom. The first-order valence-corrected chi connectivity index (χ1v) is 9.39. The molecule has 0 atom stereocenters. The molecular weight excluding hydrogens is 367 g/mol. The molecule has 1 fully saturated rings. The second kappa shape index (κ2) is 8.45. The summed E-state index contributed by atoms with van der Waals surface area (Å²) in [6, 6.07) is 9.20. The lowest BCUT2D eigenvalue weighted by Gasteiger charge is -2.26. The second-order valence-corrected chi connectivity index (χ2v) is 7.66. The van der Waals surface area contributed by atoms with Crippen LogP contribution in [0.2, 0.25) is 0 Å². The highest BCUT2D eigenvalue weighted by Gasteiger charge is 2.25. The predicted octanol–water partition coefficient (Wildman–Crippen LogP) is 6.12. The van der Waals surface area contributed by atoms with Crippen LogP contribution >= 0.6 is 0 Å². The van der Waals surface area contributed by atoms with E-state index in [1.165, 1.54) is 44.8 Å². The van der Waals surface area contributed by atoms with Crippen molar-refractivity contribution in [1.82, 2.24) is 0 Å². The zero-order valence-electron chi connectivity index (χ0n) is 17.4. The maximum absolute atomic E-state index is 9.75. The summed E-state index contributed by atoms with van der Waals surface area (Å²) in [4.78, 5) is 5.06. The van der Waals surface area contributed by atoms with Gasteiger partial charge in [-0.2, -0.15) is 0 Å². The van der Waals surface area contributed by atoms with Gasteiger partial charge in [-0.25, -0.2) is 0 Å². The van der Waals surface area contributed by atoms with E-state index in [-0.39, 0.29) is 0 Å². The smallest absolute Gasteiger partial charge is 0.418 e. The summed E-state index contributed by atoms with van der Waals surface area (Å²) in [7, 11) is -6.00. The minimum atomic E-state index is -6.00. The Balaban J connectivity index is 0.000000500.